The molecular weight excluding hydrogens is 483 g/mol. The van der Waals surface area contributed by atoms with Crippen LogP contribution in [0.5, 0.6) is 0 Å². The Bertz CT molecular complexity index is 668. The highest BCUT2D eigenvalue weighted by Crippen LogP contribution is 2.68. The molecule has 0 aliphatic heterocycles. The van der Waals surface area contributed by atoms with Crippen LogP contribution in [0.3, 0.4) is 0 Å². The lowest BCUT2D eigenvalue weighted by atomic mass is 9.44. The van der Waals surface area contributed by atoms with Crippen molar-refractivity contribution in [3.05, 3.63) is 0 Å². The number of carbonyl (C=O) groups is 2. The smallest absolute Gasteiger partial charge is 0.316 e. The van der Waals surface area contributed by atoms with E-state index in [1.165, 1.54) is 7.11 Å². The van der Waals surface area contributed by atoms with Gasteiger partial charge < -0.3 is 14.6 Å². The number of hydrogen-bond acceptors (Lipinski definition) is 5. The lowest BCUT2D eigenvalue weighted by Gasteiger charge is -2.62. The normalized spacial score (nSPS) is 48.8. The Kier molecular flexibility index (Phi) is 5.99. The van der Waals surface area contributed by atoms with E-state index in [0.29, 0.717) is 28.1 Å². The lowest BCUT2D eigenvalue weighted by molar-refractivity contribution is -0.199. The number of carbonyl (C=O) groups excluding carboxylic acids is 2. The van der Waals surface area contributed by atoms with E-state index < -0.39 is 0 Å². The molecule has 4 unspecified atom stereocenters. The van der Waals surface area contributed by atoms with Crippen molar-refractivity contribution in [3.8, 4) is 0 Å². The predicted octanol–water partition coefficient (Wildman–Crippen LogP) is 4.14. The molecule has 4 aliphatic carbocycles. The van der Waals surface area contributed by atoms with Crippen molar-refractivity contribution >= 4 is 34.5 Å². The zero-order valence-electron chi connectivity index (χ0n) is 17.9. The second-order valence-electron chi connectivity index (χ2n) is 10.5. The predicted molar refractivity (Wildman–Crippen MR) is 117 cm³/mol. The summed E-state index contributed by atoms with van der Waals surface area (Å²) in [7, 11) is 1.48. The Labute approximate surface area is 187 Å². The average molecular weight is 518 g/mol. The molecule has 0 spiro atoms. The van der Waals surface area contributed by atoms with Crippen LogP contribution in [0.4, 0.5) is 0 Å². The largest absolute Gasteiger partial charge is 0.469 e. The summed E-state index contributed by atoms with van der Waals surface area (Å²) < 4.78 is 11.6. The van der Waals surface area contributed by atoms with Gasteiger partial charge in [-0.2, -0.15) is 0 Å². The highest BCUT2D eigenvalue weighted by molar-refractivity contribution is 14.1. The standard InChI is InChI=1S/C23H35IO5/c1-22-9-8-14(25)10-13(22)4-5-15-16-6-7-17(21(27)28-3)23(16,2)11-18(20(15)22)29-19(26)12-24/h13-18,20,25H,4-12H2,1-3H3/t13?,14?,15-,16-,17?,18?,20-,22-,23-/m0/s1. The molecule has 0 heterocycles. The second kappa shape index (κ2) is 7.95. The number of alkyl halides is 1. The topological polar surface area (TPSA) is 72.8 Å². The van der Waals surface area contributed by atoms with Crippen LogP contribution >= 0.6 is 22.6 Å². The molecule has 6 heteroatoms. The number of aliphatic hydroxyl groups is 1. The van der Waals surface area contributed by atoms with E-state index in [1.807, 2.05) is 0 Å². The zero-order valence-corrected chi connectivity index (χ0v) is 20.0. The molecule has 9 atom stereocenters. The second-order valence-corrected chi connectivity index (χ2v) is 11.3. The van der Waals surface area contributed by atoms with E-state index in [1.54, 1.807) is 0 Å². The highest BCUT2D eigenvalue weighted by atomic mass is 127. The van der Waals surface area contributed by atoms with Gasteiger partial charge in [-0.05, 0) is 80.0 Å². The third kappa shape index (κ3) is 3.44. The van der Waals surface area contributed by atoms with Gasteiger partial charge in [0.1, 0.15) is 6.10 Å². The molecule has 0 aromatic heterocycles. The van der Waals surface area contributed by atoms with Crippen molar-refractivity contribution in [2.24, 2.45) is 40.4 Å². The van der Waals surface area contributed by atoms with E-state index in [0.717, 1.165) is 51.4 Å². The summed E-state index contributed by atoms with van der Waals surface area (Å²) in [5.41, 5.74) is -0.0646. The summed E-state index contributed by atoms with van der Waals surface area (Å²) in [6.45, 7) is 4.63. The quantitative estimate of drug-likeness (QED) is 0.346. The number of rotatable bonds is 3. The van der Waals surface area contributed by atoms with E-state index in [9.17, 15) is 14.7 Å². The number of aliphatic hydroxyl groups excluding tert-OH is 1. The zero-order chi connectivity index (χ0) is 21.0. The molecule has 4 fully saturated rings. The fourth-order valence-electron chi connectivity index (χ4n) is 8.16. The van der Waals surface area contributed by atoms with Gasteiger partial charge in [-0.3, -0.25) is 9.59 Å². The number of esters is 2. The Morgan fingerprint density at radius 3 is 2.55 bits per heavy atom. The van der Waals surface area contributed by atoms with Crippen LogP contribution in [0, 0.1) is 40.4 Å². The first-order valence-corrected chi connectivity index (χ1v) is 12.8. The fourth-order valence-corrected chi connectivity index (χ4v) is 8.34. The maximum Gasteiger partial charge on any atom is 0.316 e. The molecule has 0 radical (unpaired) electrons. The number of fused-ring (bicyclic) bond motifs is 5. The molecule has 0 bridgehead atoms. The third-order valence-electron chi connectivity index (χ3n) is 9.42. The van der Waals surface area contributed by atoms with E-state index in [2.05, 4.69) is 36.4 Å². The number of hydrogen-bond donors (Lipinski definition) is 1. The van der Waals surface area contributed by atoms with Gasteiger partial charge in [-0.15, -0.1) is 0 Å². The van der Waals surface area contributed by atoms with Crippen molar-refractivity contribution < 1.29 is 24.2 Å². The summed E-state index contributed by atoms with van der Waals surface area (Å²) in [6, 6.07) is 0. The third-order valence-corrected chi connectivity index (χ3v) is 10.0. The molecule has 164 valence electrons. The van der Waals surface area contributed by atoms with Crippen molar-refractivity contribution in [2.75, 3.05) is 11.5 Å². The Morgan fingerprint density at radius 2 is 1.86 bits per heavy atom. The van der Waals surface area contributed by atoms with Crippen LogP contribution < -0.4 is 0 Å². The van der Waals surface area contributed by atoms with Crippen molar-refractivity contribution in [3.63, 3.8) is 0 Å². The molecule has 5 nitrogen and oxygen atoms in total. The minimum Gasteiger partial charge on any atom is -0.469 e. The van der Waals surface area contributed by atoms with Gasteiger partial charge in [0, 0.05) is 5.92 Å². The number of halogens is 1. The van der Waals surface area contributed by atoms with Gasteiger partial charge in [-0.25, -0.2) is 0 Å². The molecule has 0 aromatic rings. The van der Waals surface area contributed by atoms with Crippen molar-refractivity contribution in [2.45, 2.75) is 77.4 Å². The summed E-state index contributed by atoms with van der Waals surface area (Å²) in [5.74, 6) is 1.44. The monoisotopic (exact) mass is 518 g/mol. The molecule has 1 N–H and O–H groups in total. The average Bonchev–Trinajstić information content (AvgIpc) is 3.04. The highest BCUT2D eigenvalue weighted by Gasteiger charge is 2.65. The first-order valence-electron chi connectivity index (χ1n) is 11.3. The fraction of sp³-hybridized carbons (Fsp3) is 0.913. The van der Waals surface area contributed by atoms with Gasteiger partial charge >= 0.3 is 11.9 Å². The van der Waals surface area contributed by atoms with Gasteiger partial charge in [0.2, 0.25) is 0 Å². The van der Waals surface area contributed by atoms with Crippen LogP contribution in [0.15, 0.2) is 0 Å². The van der Waals surface area contributed by atoms with E-state index in [4.69, 9.17) is 9.47 Å². The van der Waals surface area contributed by atoms with E-state index >= 15 is 0 Å². The maximum atomic E-state index is 12.6. The van der Waals surface area contributed by atoms with Crippen LogP contribution in [0.25, 0.3) is 0 Å². The molecule has 4 rings (SSSR count). The molecule has 0 saturated heterocycles. The molecule has 0 amide bonds. The molecule has 4 saturated carbocycles. The van der Waals surface area contributed by atoms with Gasteiger partial charge in [0.15, 0.2) is 0 Å². The first-order chi connectivity index (χ1) is 13.7. The van der Waals surface area contributed by atoms with Crippen LogP contribution in [-0.2, 0) is 19.1 Å². The van der Waals surface area contributed by atoms with Crippen LogP contribution in [0.1, 0.15) is 65.2 Å². The first kappa shape index (κ1) is 21.8. The number of methoxy groups -OCH3 is 1. The lowest BCUT2D eigenvalue weighted by Crippen LogP contribution is -2.60. The Hall–Kier alpha value is -0.370. The SMILES string of the molecule is COC(=O)C1CC[C@H]2[C@@H]3CCC4CC(O)CC[C@]4(C)[C@@H]3C(OC(=O)CI)C[C@]12C. The van der Waals surface area contributed by atoms with Crippen molar-refractivity contribution in [1.29, 1.82) is 0 Å². The molecule has 4 aliphatic rings. The number of ether oxygens (including phenoxy) is 2. The Balaban J connectivity index is 1.71. The minimum atomic E-state index is -0.191. The molecule has 0 aromatic carbocycles. The van der Waals surface area contributed by atoms with E-state index in [-0.39, 0.29) is 40.9 Å². The molecule has 29 heavy (non-hydrogen) atoms. The summed E-state index contributed by atoms with van der Waals surface area (Å²) >= 11 is 2.07. The Morgan fingerprint density at radius 1 is 1.10 bits per heavy atom. The summed E-state index contributed by atoms with van der Waals surface area (Å²) in [5, 5.41) is 10.3. The van der Waals surface area contributed by atoms with Gasteiger partial charge in [0.25, 0.3) is 0 Å². The summed E-state index contributed by atoms with van der Waals surface area (Å²) in [6.07, 6.45) is 7.34. The van der Waals surface area contributed by atoms with Crippen molar-refractivity contribution in [1.82, 2.24) is 0 Å². The maximum absolute atomic E-state index is 12.6. The van der Waals surface area contributed by atoms with Crippen LogP contribution in [0.2, 0.25) is 0 Å². The molecular formula is C23H35IO5. The van der Waals surface area contributed by atoms with Gasteiger partial charge in [-0.1, -0.05) is 36.4 Å². The summed E-state index contributed by atoms with van der Waals surface area (Å²) in [4.78, 5) is 25.0. The minimum absolute atomic E-state index is 0.0991. The van der Waals surface area contributed by atoms with Gasteiger partial charge in [0.05, 0.1) is 23.6 Å². The van der Waals surface area contributed by atoms with Crippen LogP contribution in [-0.4, -0.2) is 40.8 Å².